The predicted molar refractivity (Wildman–Crippen MR) is 132 cm³/mol. The molecular formula is C27H34N4O. The first kappa shape index (κ1) is 22.2. The smallest absolute Gasteiger partial charge is 0.250 e. The molecule has 0 bridgehead atoms. The highest BCUT2D eigenvalue weighted by atomic mass is 16.1. The van der Waals surface area contributed by atoms with Gasteiger partial charge in [-0.1, -0.05) is 49.2 Å². The average molecular weight is 431 g/mol. The SMILES string of the molecule is NC(=O)c1ccn(-c2cccc(N3CCN(CCCCCCc4ccccc4)CC3)c2)c1. The number of carbonyl (C=O) groups excluding carboxylic acids is 1. The number of amides is 1. The van der Waals surface area contributed by atoms with Gasteiger partial charge in [-0.15, -0.1) is 0 Å². The summed E-state index contributed by atoms with van der Waals surface area (Å²) in [6, 6.07) is 21.1. The number of carbonyl (C=O) groups is 1. The van der Waals surface area contributed by atoms with E-state index >= 15 is 0 Å². The van der Waals surface area contributed by atoms with E-state index in [1.807, 2.05) is 10.8 Å². The fourth-order valence-corrected chi connectivity index (χ4v) is 4.45. The van der Waals surface area contributed by atoms with Gasteiger partial charge in [-0.2, -0.15) is 0 Å². The summed E-state index contributed by atoms with van der Waals surface area (Å²) in [4.78, 5) is 16.4. The molecule has 1 aliphatic rings. The number of aryl methyl sites for hydroxylation is 1. The zero-order valence-corrected chi connectivity index (χ0v) is 18.8. The topological polar surface area (TPSA) is 54.5 Å². The number of benzene rings is 2. The van der Waals surface area contributed by atoms with E-state index in [9.17, 15) is 4.79 Å². The number of unbranched alkanes of at least 4 members (excludes halogenated alkanes) is 3. The van der Waals surface area contributed by atoms with Crippen LogP contribution in [0.5, 0.6) is 0 Å². The molecule has 1 amide bonds. The van der Waals surface area contributed by atoms with Crippen molar-refractivity contribution in [2.75, 3.05) is 37.6 Å². The van der Waals surface area contributed by atoms with E-state index in [1.54, 1.807) is 12.3 Å². The Labute approximate surface area is 191 Å². The Hall–Kier alpha value is -3.05. The van der Waals surface area contributed by atoms with Gasteiger partial charge in [-0.25, -0.2) is 0 Å². The van der Waals surface area contributed by atoms with Gasteiger partial charge >= 0.3 is 0 Å². The van der Waals surface area contributed by atoms with Crippen molar-refractivity contribution < 1.29 is 4.79 Å². The number of piperazine rings is 1. The predicted octanol–water partition coefficient (Wildman–Crippen LogP) is 4.50. The number of anilines is 1. The van der Waals surface area contributed by atoms with E-state index in [1.165, 1.54) is 49.9 Å². The van der Waals surface area contributed by atoms with Gasteiger partial charge in [-0.3, -0.25) is 9.69 Å². The third-order valence-corrected chi connectivity index (χ3v) is 6.38. The summed E-state index contributed by atoms with van der Waals surface area (Å²) < 4.78 is 1.96. The lowest BCUT2D eigenvalue weighted by Crippen LogP contribution is -2.46. The second-order valence-electron chi connectivity index (χ2n) is 8.67. The van der Waals surface area contributed by atoms with Crippen LogP contribution in [-0.4, -0.2) is 48.1 Å². The van der Waals surface area contributed by atoms with Gasteiger partial charge in [0.2, 0.25) is 5.91 Å². The molecule has 0 radical (unpaired) electrons. The third kappa shape index (κ3) is 6.01. The third-order valence-electron chi connectivity index (χ3n) is 6.38. The van der Waals surface area contributed by atoms with Crippen molar-refractivity contribution in [3.63, 3.8) is 0 Å². The van der Waals surface area contributed by atoms with Gasteiger partial charge in [0, 0.05) is 49.9 Å². The maximum Gasteiger partial charge on any atom is 0.250 e. The Morgan fingerprint density at radius 1 is 0.812 bits per heavy atom. The molecule has 0 unspecified atom stereocenters. The largest absolute Gasteiger partial charge is 0.369 e. The molecule has 5 nitrogen and oxygen atoms in total. The minimum Gasteiger partial charge on any atom is -0.369 e. The lowest BCUT2D eigenvalue weighted by molar-refractivity contribution is 0.100. The number of primary amides is 1. The highest BCUT2D eigenvalue weighted by molar-refractivity contribution is 5.92. The molecule has 5 heteroatoms. The van der Waals surface area contributed by atoms with Crippen LogP contribution in [0.15, 0.2) is 73.1 Å². The van der Waals surface area contributed by atoms with E-state index in [2.05, 4.69) is 64.4 Å². The minimum atomic E-state index is -0.396. The van der Waals surface area contributed by atoms with Crippen molar-refractivity contribution in [1.82, 2.24) is 9.47 Å². The lowest BCUT2D eigenvalue weighted by Gasteiger charge is -2.36. The van der Waals surface area contributed by atoms with Gasteiger partial charge in [0.25, 0.3) is 0 Å². The zero-order chi connectivity index (χ0) is 22.2. The molecule has 1 saturated heterocycles. The molecule has 0 atom stereocenters. The number of nitrogens with zero attached hydrogens (tertiary/aromatic N) is 3. The molecule has 0 spiro atoms. The summed E-state index contributed by atoms with van der Waals surface area (Å²) in [7, 11) is 0. The quantitative estimate of drug-likeness (QED) is 0.482. The second-order valence-corrected chi connectivity index (χ2v) is 8.67. The molecule has 4 rings (SSSR count). The first-order chi connectivity index (χ1) is 15.7. The molecule has 3 aromatic rings. The number of hydrogen-bond acceptors (Lipinski definition) is 3. The van der Waals surface area contributed by atoms with Crippen LogP contribution in [0.2, 0.25) is 0 Å². The second kappa shape index (κ2) is 11.0. The summed E-state index contributed by atoms with van der Waals surface area (Å²) in [5.74, 6) is -0.396. The van der Waals surface area contributed by atoms with E-state index in [4.69, 9.17) is 5.73 Å². The van der Waals surface area contributed by atoms with Crippen molar-refractivity contribution in [1.29, 1.82) is 0 Å². The standard InChI is InChI=1S/C27H34N4O/c28-27(32)24-14-16-31(22-24)26-13-8-12-25(21-26)30-19-17-29(18-20-30)15-7-2-1-4-9-23-10-5-3-6-11-23/h3,5-6,8,10-14,16,21-22H,1-2,4,7,9,15,17-20H2,(H2,28,32). The number of aromatic nitrogens is 1. The lowest BCUT2D eigenvalue weighted by atomic mass is 10.1. The Bertz CT molecular complexity index is 990. The molecular weight excluding hydrogens is 396 g/mol. The van der Waals surface area contributed by atoms with Gasteiger partial charge < -0.3 is 15.2 Å². The Morgan fingerprint density at radius 2 is 1.56 bits per heavy atom. The van der Waals surface area contributed by atoms with E-state index < -0.39 is 5.91 Å². The van der Waals surface area contributed by atoms with Crippen molar-refractivity contribution in [2.45, 2.75) is 32.1 Å². The molecule has 0 aliphatic carbocycles. The van der Waals surface area contributed by atoms with Crippen LogP contribution < -0.4 is 10.6 Å². The minimum absolute atomic E-state index is 0.396. The molecule has 2 heterocycles. The highest BCUT2D eigenvalue weighted by Crippen LogP contribution is 2.21. The van der Waals surface area contributed by atoms with Crippen LogP contribution in [0.25, 0.3) is 5.69 Å². The van der Waals surface area contributed by atoms with Crippen LogP contribution >= 0.6 is 0 Å². The fraction of sp³-hybridized carbons (Fsp3) is 0.370. The molecule has 2 N–H and O–H groups in total. The normalized spacial score (nSPS) is 14.6. The Balaban J connectivity index is 1.18. The van der Waals surface area contributed by atoms with Crippen molar-refractivity contribution in [2.24, 2.45) is 5.73 Å². The van der Waals surface area contributed by atoms with Gasteiger partial charge in [-0.05, 0) is 55.6 Å². The number of hydrogen-bond donors (Lipinski definition) is 1. The Kier molecular flexibility index (Phi) is 7.62. The summed E-state index contributed by atoms with van der Waals surface area (Å²) >= 11 is 0. The molecule has 0 saturated carbocycles. The van der Waals surface area contributed by atoms with Crippen LogP contribution in [-0.2, 0) is 6.42 Å². The van der Waals surface area contributed by atoms with E-state index in [-0.39, 0.29) is 0 Å². The zero-order valence-electron chi connectivity index (χ0n) is 18.8. The average Bonchev–Trinajstić information content (AvgIpc) is 3.33. The summed E-state index contributed by atoms with van der Waals surface area (Å²) in [5, 5.41) is 0. The molecule has 32 heavy (non-hydrogen) atoms. The molecule has 1 fully saturated rings. The molecule has 1 aliphatic heterocycles. The first-order valence-electron chi connectivity index (χ1n) is 11.8. The summed E-state index contributed by atoms with van der Waals surface area (Å²) in [5.41, 5.74) is 9.65. The summed E-state index contributed by atoms with van der Waals surface area (Å²) in [6.07, 6.45) is 10.1. The van der Waals surface area contributed by atoms with Gasteiger partial charge in [0.05, 0.1) is 5.56 Å². The monoisotopic (exact) mass is 430 g/mol. The maximum absolute atomic E-state index is 11.4. The highest BCUT2D eigenvalue weighted by Gasteiger charge is 2.17. The molecule has 168 valence electrons. The van der Waals surface area contributed by atoms with Crippen LogP contribution in [0.1, 0.15) is 41.6 Å². The van der Waals surface area contributed by atoms with E-state index in [0.717, 1.165) is 31.9 Å². The number of rotatable bonds is 10. The van der Waals surface area contributed by atoms with Crippen LogP contribution in [0, 0.1) is 0 Å². The van der Waals surface area contributed by atoms with Crippen molar-refractivity contribution >= 4 is 11.6 Å². The molecule has 1 aromatic heterocycles. The van der Waals surface area contributed by atoms with Gasteiger partial charge in [0.1, 0.15) is 0 Å². The Morgan fingerprint density at radius 3 is 2.31 bits per heavy atom. The van der Waals surface area contributed by atoms with Gasteiger partial charge in [0.15, 0.2) is 0 Å². The van der Waals surface area contributed by atoms with Crippen molar-refractivity contribution in [3.8, 4) is 5.69 Å². The van der Waals surface area contributed by atoms with Crippen LogP contribution in [0.3, 0.4) is 0 Å². The molecule has 2 aromatic carbocycles. The maximum atomic E-state index is 11.4. The van der Waals surface area contributed by atoms with E-state index in [0.29, 0.717) is 5.56 Å². The van der Waals surface area contributed by atoms with Crippen LogP contribution in [0.4, 0.5) is 5.69 Å². The fourth-order valence-electron chi connectivity index (χ4n) is 4.45. The number of nitrogens with two attached hydrogens (primary N) is 1. The first-order valence-corrected chi connectivity index (χ1v) is 11.8. The summed E-state index contributed by atoms with van der Waals surface area (Å²) in [6.45, 7) is 5.54. The van der Waals surface area contributed by atoms with Crippen molar-refractivity contribution in [3.05, 3.63) is 84.2 Å².